The molecule has 0 amide bonds. The maximum Gasteiger partial charge on any atom is 0.150 e. The first kappa shape index (κ1) is 12.6. The van der Waals surface area contributed by atoms with Crippen molar-refractivity contribution in [1.82, 2.24) is 0 Å². The fraction of sp³-hybridized carbons (Fsp3) is 0.429. The van der Waals surface area contributed by atoms with E-state index in [9.17, 15) is 9.59 Å². The number of aryl methyl sites for hydroxylation is 1. The Labute approximate surface area is 96.7 Å². The predicted octanol–water partition coefficient (Wildman–Crippen LogP) is 3.19. The molecule has 16 heavy (non-hydrogen) atoms. The van der Waals surface area contributed by atoms with Gasteiger partial charge in [-0.15, -0.1) is 0 Å². The standard InChI is InChI=1S/C14H18O2/c1-2-3-8-14(16)10-9-12-6-4-5-7-13(12)11-15/h4-7,11H,2-3,8-10H2,1H3. The number of Topliss-reactive ketones (excluding diaryl/α,β-unsaturated/α-hetero) is 1. The van der Waals surface area contributed by atoms with E-state index >= 15 is 0 Å². The zero-order valence-corrected chi connectivity index (χ0v) is 9.74. The van der Waals surface area contributed by atoms with Gasteiger partial charge >= 0.3 is 0 Å². The summed E-state index contributed by atoms with van der Waals surface area (Å²) < 4.78 is 0. The first-order valence-electron chi connectivity index (χ1n) is 5.82. The highest BCUT2D eigenvalue weighted by atomic mass is 16.1. The molecule has 0 atom stereocenters. The molecule has 0 heterocycles. The smallest absolute Gasteiger partial charge is 0.150 e. The van der Waals surface area contributed by atoms with Crippen LogP contribution in [-0.2, 0) is 11.2 Å². The number of ketones is 1. The van der Waals surface area contributed by atoms with E-state index in [0.717, 1.165) is 24.7 Å². The van der Waals surface area contributed by atoms with Crippen LogP contribution in [-0.4, -0.2) is 12.1 Å². The van der Waals surface area contributed by atoms with Crippen molar-refractivity contribution in [2.45, 2.75) is 39.0 Å². The zero-order chi connectivity index (χ0) is 11.8. The lowest BCUT2D eigenvalue weighted by atomic mass is 10.0. The third kappa shape index (κ3) is 3.97. The van der Waals surface area contributed by atoms with E-state index in [1.807, 2.05) is 18.2 Å². The van der Waals surface area contributed by atoms with Gasteiger partial charge in [0.1, 0.15) is 12.1 Å². The molecule has 0 aliphatic rings. The molecule has 0 saturated carbocycles. The topological polar surface area (TPSA) is 34.1 Å². The highest BCUT2D eigenvalue weighted by Gasteiger charge is 2.04. The van der Waals surface area contributed by atoms with Crippen LogP contribution >= 0.6 is 0 Å². The maximum atomic E-state index is 11.5. The molecule has 0 aliphatic carbocycles. The quantitative estimate of drug-likeness (QED) is 0.659. The number of benzene rings is 1. The first-order chi connectivity index (χ1) is 7.77. The highest BCUT2D eigenvalue weighted by molar-refractivity contribution is 5.80. The maximum absolute atomic E-state index is 11.5. The van der Waals surface area contributed by atoms with Crippen molar-refractivity contribution in [1.29, 1.82) is 0 Å². The van der Waals surface area contributed by atoms with Crippen molar-refractivity contribution in [3.05, 3.63) is 35.4 Å². The number of carbonyl (C=O) groups excluding carboxylic acids is 2. The largest absolute Gasteiger partial charge is 0.300 e. The number of hydrogen-bond donors (Lipinski definition) is 0. The molecule has 0 bridgehead atoms. The molecule has 0 fully saturated rings. The normalized spacial score (nSPS) is 10.1. The van der Waals surface area contributed by atoms with Crippen molar-refractivity contribution in [2.24, 2.45) is 0 Å². The molecule has 1 aromatic rings. The second-order valence-corrected chi connectivity index (χ2v) is 3.96. The van der Waals surface area contributed by atoms with Gasteiger partial charge in [0.15, 0.2) is 0 Å². The summed E-state index contributed by atoms with van der Waals surface area (Å²) >= 11 is 0. The summed E-state index contributed by atoms with van der Waals surface area (Å²) in [6.07, 6.45) is 4.76. The summed E-state index contributed by atoms with van der Waals surface area (Å²) in [4.78, 5) is 22.2. The predicted molar refractivity (Wildman–Crippen MR) is 64.7 cm³/mol. The SMILES string of the molecule is CCCCC(=O)CCc1ccccc1C=O. The van der Waals surface area contributed by atoms with E-state index in [1.165, 1.54) is 0 Å². The van der Waals surface area contributed by atoms with Gasteiger partial charge in [0, 0.05) is 18.4 Å². The van der Waals surface area contributed by atoms with E-state index < -0.39 is 0 Å². The number of hydrogen-bond acceptors (Lipinski definition) is 2. The van der Waals surface area contributed by atoms with Gasteiger partial charge in [0.05, 0.1) is 0 Å². The Morgan fingerprint density at radius 2 is 2.00 bits per heavy atom. The van der Waals surface area contributed by atoms with E-state index in [4.69, 9.17) is 0 Å². The van der Waals surface area contributed by atoms with Gasteiger partial charge in [-0.3, -0.25) is 9.59 Å². The summed E-state index contributed by atoms with van der Waals surface area (Å²) in [6.45, 7) is 2.08. The highest BCUT2D eigenvalue weighted by Crippen LogP contribution is 2.10. The van der Waals surface area contributed by atoms with Crippen molar-refractivity contribution in [3.8, 4) is 0 Å². The molecular formula is C14H18O2. The van der Waals surface area contributed by atoms with Crippen LogP contribution < -0.4 is 0 Å². The molecule has 0 spiro atoms. The molecule has 0 aromatic heterocycles. The molecule has 1 aromatic carbocycles. The van der Waals surface area contributed by atoms with Crippen LogP contribution in [0.3, 0.4) is 0 Å². The Balaban J connectivity index is 2.47. The second kappa shape index (κ2) is 6.94. The van der Waals surface area contributed by atoms with Crippen LogP contribution in [0.1, 0.15) is 48.5 Å². The molecule has 0 saturated heterocycles. The number of aldehydes is 1. The van der Waals surface area contributed by atoms with Crippen LogP contribution in [0, 0.1) is 0 Å². The van der Waals surface area contributed by atoms with Gasteiger partial charge < -0.3 is 0 Å². The number of unbranched alkanes of at least 4 members (excludes halogenated alkanes) is 1. The first-order valence-corrected chi connectivity index (χ1v) is 5.82. The molecule has 0 aliphatic heterocycles. The van der Waals surface area contributed by atoms with Crippen molar-refractivity contribution in [3.63, 3.8) is 0 Å². The summed E-state index contributed by atoms with van der Waals surface area (Å²) in [5.41, 5.74) is 1.67. The lowest BCUT2D eigenvalue weighted by molar-refractivity contribution is -0.119. The van der Waals surface area contributed by atoms with Gasteiger partial charge in [0.2, 0.25) is 0 Å². The minimum absolute atomic E-state index is 0.294. The Bertz CT molecular complexity index is 356. The fourth-order valence-corrected chi connectivity index (χ4v) is 1.65. The second-order valence-electron chi connectivity index (χ2n) is 3.96. The third-order valence-corrected chi connectivity index (χ3v) is 2.66. The molecule has 2 nitrogen and oxygen atoms in total. The van der Waals surface area contributed by atoms with Gasteiger partial charge in [-0.2, -0.15) is 0 Å². The Hall–Kier alpha value is -1.44. The molecular weight excluding hydrogens is 200 g/mol. The number of rotatable bonds is 7. The average Bonchev–Trinajstić information content (AvgIpc) is 2.34. The Kier molecular flexibility index (Phi) is 5.48. The van der Waals surface area contributed by atoms with Crippen LogP contribution in [0.15, 0.2) is 24.3 Å². The molecule has 0 radical (unpaired) electrons. The fourth-order valence-electron chi connectivity index (χ4n) is 1.65. The monoisotopic (exact) mass is 218 g/mol. The lowest BCUT2D eigenvalue weighted by Gasteiger charge is -2.03. The van der Waals surface area contributed by atoms with Crippen molar-refractivity contribution in [2.75, 3.05) is 0 Å². The minimum atomic E-state index is 0.294. The van der Waals surface area contributed by atoms with Crippen molar-refractivity contribution >= 4 is 12.1 Å². The van der Waals surface area contributed by atoms with Gasteiger partial charge in [0.25, 0.3) is 0 Å². The Morgan fingerprint density at radius 3 is 2.69 bits per heavy atom. The summed E-state index contributed by atoms with van der Waals surface area (Å²) in [5.74, 6) is 0.294. The van der Waals surface area contributed by atoms with E-state index in [1.54, 1.807) is 6.07 Å². The van der Waals surface area contributed by atoms with Gasteiger partial charge in [-0.1, -0.05) is 37.6 Å². The molecule has 2 heteroatoms. The molecule has 0 N–H and O–H groups in total. The van der Waals surface area contributed by atoms with Gasteiger partial charge in [-0.25, -0.2) is 0 Å². The van der Waals surface area contributed by atoms with Gasteiger partial charge in [-0.05, 0) is 18.4 Å². The molecule has 0 unspecified atom stereocenters. The summed E-state index contributed by atoms with van der Waals surface area (Å²) in [6, 6.07) is 7.45. The van der Waals surface area contributed by atoms with Crippen LogP contribution in [0.4, 0.5) is 0 Å². The Morgan fingerprint density at radius 1 is 1.25 bits per heavy atom. The third-order valence-electron chi connectivity index (χ3n) is 2.66. The van der Waals surface area contributed by atoms with Crippen LogP contribution in [0.25, 0.3) is 0 Å². The minimum Gasteiger partial charge on any atom is -0.300 e. The van der Waals surface area contributed by atoms with Crippen LogP contribution in [0.2, 0.25) is 0 Å². The molecule has 1 rings (SSSR count). The average molecular weight is 218 g/mol. The summed E-state index contributed by atoms with van der Waals surface area (Å²) in [7, 11) is 0. The number of carbonyl (C=O) groups is 2. The van der Waals surface area contributed by atoms with Crippen LogP contribution in [0.5, 0.6) is 0 Å². The van der Waals surface area contributed by atoms with Crippen molar-refractivity contribution < 1.29 is 9.59 Å². The van der Waals surface area contributed by atoms with E-state index in [0.29, 0.717) is 30.6 Å². The lowest BCUT2D eigenvalue weighted by Crippen LogP contribution is -2.01. The summed E-state index contributed by atoms with van der Waals surface area (Å²) in [5, 5.41) is 0. The zero-order valence-electron chi connectivity index (χ0n) is 9.74. The van der Waals surface area contributed by atoms with E-state index in [2.05, 4.69) is 6.92 Å². The van der Waals surface area contributed by atoms with E-state index in [-0.39, 0.29) is 0 Å². The molecule has 86 valence electrons.